The number of ether oxygens (including phenoxy) is 2. The second-order valence-corrected chi connectivity index (χ2v) is 8.90. The van der Waals surface area contributed by atoms with Crippen LogP contribution in [-0.2, 0) is 32.1 Å². The maximum atomic E-state index is 12.7. The predicted octanol–water partition coefficient (Wildman–Crippen LogP) is 3.95. The second kappa shape index (κ2) is 10.2. The van der Waals surface area contributed by atoms with Gasteiger partial charge in [0.15, 0.2) is 5.78 Å². The Labute approximate surface area is 195 Å². The first-order chi connectivity index (χ1) is 16.0. The number of benzene rings is 2. The smallest absolute Gasteiger partial charge is 0.328 e. The highest BCUT2D eigenvalue weighted by Gasteiger charge is 2.50. The van der Waals surface area contributed by atoms with Gasteiger partial charge < -0.3 is 20.5 Å². The summed E-state index contributed by atoms with van der Waals surface area (Å²) in [5.41, 5.74) is 8.92. The van der Waals surface area contributed by atoms with Crippen molar-refractivity contribution < 1.29 is 19.1 Å². The zero-order valence-corrected chi connectivity index (χ0v) is 19.1. The van der Waals surface area contributed by atoms with E-state index < -0.39 is 11.5 Å². The fourth-order valence-electron chi connectivity index (χ4n) is 4.71. The van der Waals surface area contributed by atoms with Gasteiger partial charge in [0.25, 0.3) is 0 Å². The normalized spacial score (nSPS) is 22.9. The van der Waals surface area contributed by atoms with Gasteiger partial charge in [0.2, 0.25) is 0 Å². The topological polar surface area (TPSA) is 90.6 Å². The number of esters is 1. The molecule has 0 heterocycles. The number of hydrogen-bond acceptors (Lipinski definition) is 6. The molecule has 0 saturated heterocycles. The van der Waals surface area contributed by atoms with Crippen LogP contribution in [0.2, 0.25) is 0 Å². The predicted molar refractivity (Wildman–Crippen MR) is 127 cm³/mol. The number of nitrogens with one attached hydrogen (secondary N) is 1. The summed E-state index contributed by atoms with van der Waals surface area (Å²) >= 11 is 0. The summed E-state index contributed by atoms with van der Waals surface area (Å²) in [7, 11) is 0. The van der Waals surface area contributed by atoms with Crippen molar-refractivity contribution in [1.82, 2.24) is 5.32 Å². The quantitative estimate of drug-likeness (QED) is 0.446. The molecule has 0 amide bonds. The van der Waals surface area contributed by atoms with E-state index in [1.165, 1.54) is 0 Å². The van der Waals surface area contributed by atoms with E-state index in [2.05, 4.69) is 17.4 Å². The number of hydrogen-bond donors (Lipinski definition) is 2. The molecule has 0 radical (unpaired) electrons. The van der Waals surface area contributed by atoms with E-state index in [-0.39, 0.29) is 17.9 Å². The molecule has 2 aromatic rings. The number of carbonyl (C=O) groups is 2. The van der Waals surface area contributed by atoms with E-state index in [4.69, 9.17) is 15.2 Å². The van der Waals surface area contributed by atoms with Gasteiger partial charge in [0, 0.05) is 23.9 Å². The van der Waals surface area contributed by atoms with Crippen LogP contribution < -0.4 is 11.1 Å². The summed E-state index contributed by atoms with van der Waals surface area (Å²) in [5.74, 6) is -0.175. The third-order valence-corrected chi connectivity index (χ3v) is 6.70. The van der Waals surface area contributed by atoms with Gasteiger partial charge >= 0.3 is 5.97 Å². The van der Waals surface area contributed by atoms with Gasteiger partial charge in [-0.05, 0) is 55.9 Å². The van der Waals surface area contributed by atoms with Crippen molar-refractivity contribution in [1.29, 1.82) is 0 Å². The number of ketones is 1. The summed E-state index contributed by atoms with van der Waals surface area (Å²) in [6, 6.07) is 17.0. The Balaban J connectivity index is 1.38. The van der Waals surface area contributed by atoms with Gasteiger partial charge in [0.05, 0.1) is 24.7 Å². The first-order valence-electron chi connectivity index (χ1n) is 11.7. The molecule has 4 rings (SSSR count). The second-order valence-electron chi connectivity index (χ2n) is 8.90. The molecule has 1 atom stereocenters. The van der Waals surface area contributed by atoms with Gasteiger partial charge in [-0.3, -0.25) is 4.79 Å². The molecule has 2 aliphatic rings. The molecule has 174 valence electrons. The van der Waals surface area contributed by atoms with Crippen LogP contribution in [0.5, 0.6) is 0 Å². The molecule has 1 saturated carbocycles. The Morgan fingerprint density at radius 3 is 2.42 bits per heavy atom. The first-order valence-corrected chi connectivity index (χ1v) is 11.7. The van der Waals surface area contributed by atoms with Crippen LogP contribution in [-0.4, -0.2) is 30.5 Å². The van der Waals surface area contributed by atoms with Gasteiger partial charge in [-0.15, -0.1) is 0 Å². The van der Waals surface area contributed by atoms with Crippen molar-refractivity contribution in [3.05, 3.63) is 77.5 Å². The van der Waals surface area contributed by atoms with E-state index >= 15 is 0 Å². The third-order valence-electron chi connectivity index (χ3n) is 6.70. The third kappa shape index (κ3) is 5.28. The molecule has 1 spiro atoms. The molecule has 0 bridgehead atoms. The lowest BCUT2D eigenvalue weighted by molar-refractivity contribution is -0.146. The zero-order valence-electron chi connectivity index (χ0n) is 19.1. The molecule has 0 unspecified atom stereocenters. The molecule has 0 aromatic heterocycles. The molecule has 33 heavy (non-hydrogen) atoms. The summed E-state index contributed by atoms with van der Waals surface area (Å²) < 4.78 is 11.4. The number of carbonyl (C=O) groups excluding carboxylic acids is 2. The number of nitrogens with two attached hydrogens (primary N) is 1. The van der Waals surface area contributed by atoms with Crippen molar-refractivity contribution >= 4 is 17.4 Å². The minimum absolute atomic E-state index is 0.140. The Hall–Kier alpha value is -3.12. The van der Waals surface area contributed by atoms with E-state index in [0.29, 0.717) is 25.3 Å². The van der Waals surface area contributed by atoms with Crippen LogP contribution in [0.1, 0.15) is 43.7 Å². The van der Waals surface area contributed by atoms with Crippen molar-refractivity contribution in [2.45, 2.75) is 57.8 Å². The molecule has 6 heteroatoms. The van der Waals surface area contributed by atoms with Gasteiger partial charge in [-0.2, -0.15) is 0 Å². The highest BCUT2D eigenvalue weighted by molar-refractivity contribution is 6.05. The maximum absolute atomic E-state index is 12.7. The van der Waals surface area contributed by atoms with Crippen molar-refractivity contribution in [3.8, 4) is 0 Å². The van der Waals surface area contributed by atoms with Gasteiger partial charge in [-0.25, -0.2) is 4.79 Å². The zero-order chi connectivity index (χ0) is 23.3. The van der Waals surface area contributed by atoms with E-state index in [0.717, 1.165) is 42.5 Å². The van der Waals surface area contributed by atoms with Crippen molar-refractivity contribution in [2.75, 3.05) is 12.3 Å². The largest absolute Gasteiger partial charge is 0.464 e. The van der Waals surface area contributed by atoms with E-state index in [1.54, 1.807) is 13.0 Å². The SMILES string of the molecule is CCOC(=O)[C@H](Cc1ccc(N)cc1)NC1=CC(=O)[C@]12CC[C@@H](OCc1ccccc1)CC2. The van der Waals surface area contributed by atoms with Gasteiger partial charge in [0.1, 0.15) is 6.04 Å². The Morgan fingerprint density at radius 2 is 1.79 bits per heavy atom. The average molecular weight is 449 g/mol. The number of rotatable bonds is 9. The Morgan fingerprint density at radius 1 is 1.09 bits per heavy atom. The first kappa shape index (κ1) is 23.1. The maximum Gasteiger partial charge on any atom is 0.328 e. The molecule has 1 fully saturated rings. The fourth-order valence-corrected chi connectivity index (χ4v) is 4.71. The van der Waals surface area contributed by atoms with Crippen LogP contribution >= 0.6 is 0 Å². The van der Waals surface area contributed by atoms with Crippen LogP contribution in [0.15, 0.2) is 66.4 Å². The monoisotopic (exact) mass is 448 g/mol. The molecular formula is C27H32N2O4. The van der Waals surface area contributed by atoms with E-state index in [9.17, 15) is 9.59 Å². The summed E-state index contributed by atoms with van der Waals surface area (Å²) in [5, 5.41) is 3.36. The highest BCUT2D eigenvalue weighted by atomic mass is 16.5. The van der Waals surface area contributed by atoms with Crippen LogP contribution in [0.4, 0.5) is 5.69 Å². The van der Waals surface area contributed by atoms with Gasteiger partial charge in [-0.1, -0.05) is 42.5 Å². The number of anilines is 1. The lowest BCUT2D eigenvalue weighted by Gasteiger charge is -2.46. The lowest BCUT2D eigenvalue weighted by Crippen LogP contribution is -2.53. The minimum atomic E-state index is -0.558. The summed E-state index contributed by atoms with van der Waals surface area (Å²) in [4.78, 5) is 25.4. The standard InChI is InChI=1S/C27H32N2O4/c1-2-32-26(31)23(16-19-8-10-21(28)11-9-19)29-24-17-25(30)27(24)14-12-22(13-15-27)33-18-20-6-4-3-5-7-20/h3-11,17,22-23,29H,2,12-16,18,28H2,1H3/t22-,23-,27+/m0/s1. The van der Waals surface area contributed by atoms with Crippen molar-refractivity contribution in [2.24, 2.45) is 5.41 Å². The minimum Gasteiger partial charge on any atom is -0.464 e. The van der Waals surface area contributed by atoms with Crippen LogP contribution in [0.25, 0.3) is 0 Å². The summed E-state index contributed by atoms with van der Waals surface area (Å²) in [6.45, 7) is 2.69. The lowest BCUT2D eigenvalue weighted by atomic mass is 9.62. The van der Waals surface area contributed by atoms with E-state index in [1.807, 2.05) is 42.5 Å². The van der Waals surface area contributed by atoms with Crippen LogP contribution in [0, 0.1) is 5.41 Å². The number of nitrogen functional groups attached to an aromatic ring is 1. The molecule has 6 nitrogen and oxygen atoms in total. The molecule has 3 N–H and O–H groups in total. The van der Waals surface area contributed by atoms with Crippen LogP contribution in [0.3, 0.4) is 0 Å². The Bertz CT molecular complexity index is 993. The molecular weight excluding hydrogens is 416 g/mol. The molecule has 2 aromatic carbocycles. The summed E-state index contributed by atoms with van der Waals surface area (Å²) in [6.07, 6.45) is 5.33. The average Bonchev–Trinajstić information content (AvgIpc) is 2.84. The number of allylic oxidation sites excluding steroid dienone is 2. The fraction of sp³-hybridized carbons (Fsp3) is 0.407. The van der Waals surface area contributed by atoms with Crippen molar-refractivity contribution in [3.63, 3.8) is 0 Å². The Kier molecular flexibility index (Phi) is 7.14. The molecule has 2 aliphatic carbocycles. The highest BCUT2D eigenvalue weighted by Crippen LogP contribution is 2.49. The molecule has 0 aliphatic heterocycles.